The van der Waals surface area contributed by atoms with Crippen LogP contribution in [0.1, 0.15) is 22.8 Å². The molecule has 1 aromatic carbocycles. The number of aryl methyl sites for hydroxylation is 1. The van der Waals surface area contributed by atoms with Crippen molar-refractivity contribution >= 4 is 5.91 Å². The van der Waals surface area contributed by atoms with Gasteiger partial charge in [-0.25, -0.2) is 4.39 Å². The summed E-state index contributed by atoms with van der Waals surface area (Å²) in [5, 5.41) is 0. The second kappa shape index (κ2) is 5.67. The van der Waals surface area contributed by atoms with Gasteiger partial charge in [-0.05, 0) is 31.5 Å². The Morgan fingerprint density at radius 2 is 2.26 bits per heavy atom. The summed E-state index contributed by atoms with van der Waals surface area (Å²) in [7, 11) is 0. The zero-order valence-corrected chi connectivity index (χ0v) is 11.2. The van der Waals surface area contributed by atoms with E-state index in [1.54, 1.807) is 17.9 Å². The van der Waals surface area contributed by atoms with Crippen LogP contribution in [-0.2, 0) is 4.74 Å². The lowest BCUT2D eigenvalue weighted by Crippen LogP contribution is -2.51. The lowest BCUT2D eigenvalue weighted by Gasteiger charge is -2.36. The van der Waals surface area contributed by atoms with Gasteiger partial charge in [0.15, 0.2) is 0 Å². The van der Waals surface area contributed by atoms with Gasteiger partial charge in [-0.3, -0.25) is 4.79 Å². The maximum absolute atomic E-state index is 13.8. The SMILES string of the molecule is Cc1ccc(C(=O)N2CC(C)OC(CN)C2)c(F)c1. The average Bonchev–Trinajstić information content (AvgIpc) is 2.37. The summed E-state index contributed by atoms with van der Waals surface area (Å²) in [6.07, 6.45) is -0.263. The average molecular weight is 266 g/mol. The largest absolute Gasteiger partial charge is 0.370 e. The first-order valence-corrected chi connectivity index (χ1v) is 6.42. The Bertz CT molecular complexity index is 479. The zero-order valence-electron chi connectivity index (χ0n) is 11.2. The van der Waals surface area contributed by atoms with Crippen LogP contribution in [0, 0.1) is 12.7 Å². The van der Waals surface area contributed by atoms with Gasteiger partial charge in [-0.2, -0.15) is 0 Å². The number of carbonyl (C=O) groups excluding carboxylic acids is 1. The molecular formula is C14H19FN2O2. The zero-order chi connectivity index (χ0) is 14.0. The van der Waals surface area contributed by atoms with Crippen molar-refractivity contribution in [3.8, 4) is 0 Å². The van der Waals surface area contributed by atoms with E-state index in [0.717, 1.165) is 5.56 Å². The predicted octanol–water partition coefficient (Wildman–Crippen LogP) is 1.32. The van der Waals surface area contributed by atoms with Crippen LogP contribution in [0.4, 0.5) is 4.39 Å². The summed E-state index contributed by atoms with van der Waals surface area (Å²) >= 11 is 0. The van der Waals surface area contributed by atoms with Crippen LogP contribution in [0.15, 0.2) is 18.2 Å². The summed E-state index contributed by atoms with van der Waals surface area (Å²) in [4.78, 5) is 13.9. The molecule has 104 valence electrons. The smallest absolute Gasteiger partial charge is 0.257 e. The van der Waals surface area contributed by atoms with Gasteiger partial charge in [0.1, 0.15) is 5.82 Å². The maximum atomic E-state index is 13.8. The molecule has 0 bridgehead atoms. The molecule has 1 fully saturated rings. The van der Waals surface area contributed by atoms with Gasteiger partial charge < -0.3 is 15.4 Å². The highest BCUT2D eigenvalue weighted by atomic mass is 19.1. The standard InChI is InChI=1S/C14H19FN2O2/c1-9-3-4-12(13(15)5-9)14(18)17-7-10(2)19-11(6-16)8-17/h3-5,10-11H,6-8,16H2,1-2H3. The first-order valence-electron chi connectivity index (χ1n) is 6.42. The van der Waals surface area contributed by atoms with Crippen molar-refractivity contribution in [2.75, 3.05) is 19.6 Å². The van der Waals surface area contributed by atoms with Gasteiger partial charge in [0, 0.05) is 19.6 Å². The van der Waals surface area contributed by atoms with Crippen LogP contribution in [0.5, 0.6) is 0 Å². The fourth-order valence-corrected chi connectivity index (χ4v) is 2.31. The minimum absolute atomic E-state index is 0.0836. The van der Waals surface area contributed by atoms with E-state index in [9.17, 15) is 9.18 Å². The Labute approximate surface area is 112 Å². The number of halogens is 1. The number of hydrogen-bond acceptors (Lipinski definition) is 3. The molecule has 5 heteroatoms. The lowest BCUT2D eigenvalue weighted by atomic mass is 10.1. The van der Waals surface area contributed by atoms with Crippen LogP contribution in [0.25, 0.3) is 0 Å². The highest BCUT2D eigenvalue weighted by Crippen LogP contribution is 2.17. The van der Waals surface area contributed by atoms with Crippen molar-refractivity contribution in [2.24, 2.45) is 5.73 Å². The number of hydrogen-bond donors (Lipinski definition) is 1. The van der Waals surface area contributed by atoms with Gasteiger partial charge >= 0.3 is 0 Å². The molecule has 2 unspecified atom stereocenters. The van der Waals surface area contributed by atoms with E-state index in [-0.39, 0.29) is 23.7 Å². The summed E-state index contributed by atoms with van der Waals surface area (Å²) in [6, 6.07) is 4.64. The number of benzene rings is 1. The van der Waals surface area contributed by atoms with E-state index in [1.165, 1.54) is 12.1 Å². The van der Waals surface area contributed by atoms with E-state index in [1.807, 2.05) is 6.92 Å². The normalized spacial score (nSPS) is 23.5. The third-order valence-corrected chi connectivity index (χ3v) is 3.23. The van der Waals surface area contributed by atoms with Crippen molar-refractivity contribution in [3.63, 3.8) is 0 Å². The second-order valence-corrected chi connectivity index (χ2v) is 5.00. The molecule has 0 saturated carbocycles. The van der Waals surface area contributed by atoms with Crippen molar-refractivity contribution < 1.29 is 13.9 Å². The van der Waals surface area contributed by atoms with Crippen LogP contribution in [0.2, 0.25) is 0 Å². The fraction of sp³-hybridized carbons (Fsp3) is 0.500. The number of carbonyl (C=O) groups is 1. The topological polar surface area (TPSA) is 55.6 Å². The molecule has 2 N–H and O–H groups in total. The minimum atomic E-state index is -0.478. The molecule has 1 heterocycles. The first kappa shape index (κ1) is 14.0. The molecule has 0 spiro atoms. The van der Waals surface area contributed by atoms with Gasteiger partial charge in [0.2, 0.25) is 0 Å². The predicted molar refractivity (Wildman–Crippen MR) is 70.4 cm³/mol. The number of morpholine rings is 1. The molecule has 1 aliphatic rings. The van der Waals surface area contributed by atoms with Gasteiger partial charge in [0.05, 0.1) is 17.8 Å². The number of nitrogens with two attached hydrogens (primary N) is 1. The van der Waals surface area contributed by atoms with Gasteiger partial charge in [0.25, 0.3) is 5.91 Å². The first-order chi connectivity index (χ1) is 9.01. The summed E-state index contributed by atoms with van der Waals surface area (Å²) in [5.74, 6) is -0.778. The van der Waals surface area contributed by atoms with Crippen molar-refractivity contribution in [1.82, 2.24) is 4.90 Å². The van der Waals surface area contributed by atoms with E-state index < -0.39 is 5.82 Å². The Morgan fingerprint density at radius 1 is 1.53 bits per heavy atom. The maximum Gasteiger partial charge on any atom is 0.257 e. The molecule has 1 amide bonds. The molecule has 0 aromatic heterocycles. The number of amides is 1. The van der Waals surface area contributed by atoms with Crippen LogP contribution < -0.4 is 5.73 Å². The van der Waals surface area contributed by atoms with Crippen LogP contribution in [0.3, 0.4) is 0 Å². The monoisotopic (exact) mass is 266 g/mol. The molecule has 2 rings (SSSR count). The Kier molecular flexibility index (Phi) is 4.17. The number of nitrogens with zero attached hydrogens (tertiary/aromatic N) is 1. The molecular weight excluding hydrogens is 247 g/mol. The quantitative estimate of drug-likeness (QED) is 0.878. The molecule has 19 heavy (non-hydrogen) atoms. The minimum Gasteiger partial charge on any atom is -0.370 e. The number of ether oxygens (including phenoxy) is 1. The van der Waals surface area contributed by atoms with Crippen LogP contribution in [-0.4, -0.2) is 42.6 Å². The molecule has 0 radical (unpaired) electrons. The molecule has 0 aliphatic carbocycles. The Morgan fingerprint density at radius 3 is 2.89 bits per heavy atom. The van der Waals surface area contributed by atoms with E-state index in [0.29, 0.717) is 19.6 Å². The van der Waals surface area contributed by atoms with Gasteiger partial charge in [-0.15, -0.1) is 0 Å². The van der Waals surface area contributed by atoms with E-state index in [2.05, 4.69) is 0 Å². The highest BCUT2D eigenvalue weighted by molar-refractivity contribution is 5.94. The molecule has 1 aromatic rings. The van der Waals surface area contributed by atoms with E-state index in [4.69, 9.17) is 10.5 Å². The molecule has 1 aliphatic heterocycles. The lowest BCUT2D eigenvalue weighted by molar-refractivity contribution is -0.0626. The fourth-order valence-electron chi connectivity index (χ4n) is 2.31. The van der Waals surface area contributed by atoms with Crippen LogP contribution >= 0.6 is 0 Å². The van der Waals surface area contributed by atoms with Gasteiger partial charge in [-0.1, -0.05) is 6.07 Å². The van der Waals surface area contributed by atoms with Crippen molar-refractivity contribution in [3.05, 3.63) is 35.1 Å². The second-order valence-electron chi connectivity index (χ2n) is 5.00. The molecule has 1 saturated heterocycles. The highest BCUT2D eigenvalue weighted by Gasteiger charge is 2.29. The third kappa shape index (κ3) is 3.11. The Balaban J connectivity index is 2.18. The molecule has 2 atom stereocenters. The summed E-state index contributed by atoms with van der Waals surface area (Å²) in [6.45, 7) is 4.90. The summed E-state index contributed by atoms with van der Waals surface area (Å²) in [5.41, 5.74) is 6.48. The third-order valence-electron chi connectivity index (χ3n) is 3.23. The van der Waals surface area contributed by atoms with E-state index >= 15 is 0 Å². The molecule has 4 nitrogen and oxygen atoms in total. The Hall–Kier alpha value is -1.46. The van der Waals surface area contributed by atoms with Crippen molar-refractivity contribution in [2.45, 2.75) is 26.1 Å². The summed E-state index contributed by atoms with van der Waals surface area (Å²) < 4.78 is 19.4. The number of rotatable bonds is 2. The van der Waals surface area contributed by atoms with Crippen molar-refractivity contribution in [1.29, 1.82) is 0 Å².